The van der Waals surface area contributed by atoms with Gasteiger partial charge in [0.05, 0.1) is 0 Å². The summed E-state index contributed by atoms with van der Waals surface area (Å²) in [4.78, 5) is 0. The molecule has 1 aliphatic rings. The smallest absolute Gasteiger partial charge is 0.0496 e. The third kappa shape index (κ3) is 4.41. The summed E-state index contributed by atoms with van der Waals surface area (Å²) in [7, 11) is 0. The van der Waals surface area contributed by atoms with E-state index >= 15 is 0 Å². The Balaban J connectivity index is 0.000000461. The predicted molar refractivity (Wildman–Crippen MR) is 49.7 cm³/mol. The molecule has 0 aromatic rings. The van der Waals surface area contributed by atoms with E-state index in [-0.39, 0.29) is 0 Å². The van der Waals surface area contributed by atoms with Crippen LogP contribution >= 0.6 is 0 Å². The van der Waals surface area contributed by atoms with Crippen molar-refractivity contribution in [2.75, 3.05) is 13.2 Å². The molecule has 1 atom stereocenters. The highest BCUT2D eigenvalue weighted by atomic mass is 16.5. The maximum atomic E-state index is 5.34. The van der Waals surface area contributed by atoms with E-state index in [4.69, 9.17) is 4.74 Å². The zero-order chi connectivity index (χ0) is 8.69. The van der Waals surface area contributed by atoms with Gasteiger partial charge in [-0.1, -0.05) is 27.7 Å². The Kier molecular flexibility index (Phi) is 6.63. The van der Waals surface area contributed by atoms with Gasteiger partial charge in [0, 0.05) is 13.2 Å². The van der Waals surface area contributed by atoms with Crippen LogP contribution in [0.15, 0.2) is 0 Å². The van der Waals surface area contributed by atoms with Gasteiger partial charge in [0.25, 0.3) is 0 Å². The third-order valence-corrected chi connectivity index (χ3v) is 2.14. The molecule has 1 fully saturated rings. The fourth-order valence-electron chi connectivity index (χ4n) is 1.29. The summed E-state index contributed by atoms with van der Waals surface area (Å²) >= 11 is 0. The average molecular weight is 158 g/mol. The van der Waals surface area contributed by atoms with Crippen molar-refractivity contribution in [1.82, 2.24) is 0 Å². The zero-order valence-electron chi connectivity index (χ0n) is 8.39. The van der Waals surface area contributed by atoms with Crippen LogP contribution in [0.4, 0.5) is 0 Å². The molecule has 1 heteroatoms. The molecule has 0 aliphatic carbocycles. The third-order valence-electron chi connectivity index (χ3n) is 2.14. The average Bonchev–Trinajstić information content (AvgIpc) is 2.10. The highest BCUT2D eigenvalue weighted by molar-refractivity contribution is 4.65. The molecule has 0 aromatic carbocycles. The minimum Gasteiger partial charge on any atom is -0.381 e. The summed E-state index contributed by atoms with van der Waals surface area (Å²) in [5.74, 6) is 1.64. The Morgan fingerprint density at radius 3 is 2.18 bits per heavy atom. The number of rotatable bonds is 1. The van der Waals surface area contributed by atoms with Crippen LogP contribution in [-0.4, -0.2) is 13.2 Å². The van der Waals surface area contributed by atoms with E-state index in [2.05, 4.69) is 13.8 Å². The SMILES string of the molecule is CC.CC(C)[C@@H]1CCCOC1. The van der Waals surface area contributed by atoms with E-state index in [9.17, 15) is 0 Å². The van der Waals surface area contributed by atoms with Crippen LogP contribution in [0.25, 0.3) is 0 Å². The van der Waals surface area contributed by atoms with E-state index in [1.165, 1.54) is 12.8 Å². The first-order valence-corrected chi connectivity index (χ1v) is 4.88. The minimum absolute atomic E-state index is 0.810. The lowest BCUT2D eigenvalue weighted by atomic mass is 9.91. The lowest BCUT2D eigenvalue weighted by Crippen LogP contribution is -2.21. The quantitative estimate of drug-likeness (QED) is 0.570. The van der Waals surface area contributed by atoms with Gasteiger partial charge in [0.15, 0.2) is 0 Å². The van der Waals surface area contributed by atoms with Crippen LogP contribution in [0, 0.1) is 11.8 Å². The molecule has 0 aromatic heterocycles. The van der Waals surface area contributed by atoms with Crippen LogP contribution in [0.1, 0.15) is 40.5 Å². The number of ether oxygens (including phenoxy) is 1. The van der Waals surface area contributed by atoms with Gasteiger partial charge in [-0.2, -0.15) is 0 Å². The second-order valence-electron chi connectivity index (χ2n) is 3.22. The molecular weight excluding hydrogens is 136 g/mol. The molecule has 0 bridgehead atoms. The maximum absolute atomic E-state index is 5.34. The van der Waals surface area contributed by atoms with Gasteiger partial charge in [-0.25, -0.2) is 0 Å². The van der Waals surface area contributed by atoms with Gasteiger partial charge in [-0.05, 0) is 24.7 Å². The van der Waals surface area contributed by atoms with Crippen molar-refractivity contribution in [3.05, 3.63) is 0 Å². The minimum atomic E-state index is 0.810. The molecular formula is C10H22O. The Hall–Kier alpha value is -0.0400. The van der Waals surface area contributed by atoms with Crippen molar-refractivity contribution in [1.29, 1.82) is 0 Å². The second-order valence-corrected chi connectivity index (χ2v) is 3.22. The molecule has 0 spiro atoms. The molecule has 0 unspecified atom stereocenters. The standard InChI is InChI=1S/C8H16O.C2H6/c1-7(2)8-4-3-5-9-6-8;1-2/h7-8H,3-6H2,1-2H3;1-2H3/t8-;/m1./s1. The van der Waals surface area contributed by atoms with Crippen molar-refractivity contribution >= 4 is 0 Å². The Morgan fingerprint density at radius 1 is 1.27 bits per heavy atom. The van der Waals surface area contributed by atoms with E-state index < -0.39 is 0 Å². The van der Waals surface area contributed by atoms with Gasteiger partial charge in [-0.15, -0.1) is 0 Å². The number of hydrogen-bond acceptors (Lipinski definition) is 1. The molecule has 0 radical (unpaired) electrons. The molecule has 0 N–H and O–H groups in total. The zero-order valence-corrected chi connectivity index (χ0v) is 8.39. The Bertz CT molecular complexity index is 72.9. The summed E-state index contributed by atoms with van der Waals surface area (Å²) in [6, 6.07) is 0. The van der Waals surface area contributed by atoms with Crippen molar-refractivity contribution < 1.29 is 4.74 Å². The topological polar surface area (TPSA) is 9.23 Å². The predicted octanol–water partition coefficient (Wildman–Crippen LogP) is 3.10. The van der Waals surface area contributed by atoms with Gasteiger partial charge in [-0.3, -0.25) is 0 Å². The highest BCUT2D eigenvalue weighted by Gasteiger charge is 2.16. The fourth-order valence-corrected chi connectivity index (χ4v) is 1.29. The van der Waals surface area contributed by atoms with Crippen molar-refractivity contribution in [2.45, 2.75) is 40.5 Å². The first kappa shape index (κ1) is 11.0. The van der Waals surface area contributed by atoms with Crippen molar-refractivity contribution in [3.63, 3.8) is 0 Å². The Labute approximate surface area is 71.1 Å². The summed E-state index contributed by atoms with van der Waals surface area (Å²) in [5, 5.41) is 0. The highest BCUT2D eigenvalue weighted by Crippen LogP contribution is 2.20. The first-order valence-electron chi connectivity index (χ1n) is 4.88. The Morgan fingerprint density at radius 2 is 1.91 bits per heavy atom. The lowest BCUT2D eigenvalue weighted by molar-refractivity contribution is 0.0373. The molecule has 1 heterocycles. The van der Waals surface area contributed by atoms with Crippen LogP contribution in [0.5, 0.6) is 0 Å². The maximum Gasteiger partial charge on any atom is 0.0496 e. The van der Waals surface area contributed by atoms with Gasteiger partial charge >= 0.3 is 0 Å². The monoisotopic (exact) mass is 158 g/mol. The second kappa shape index (κ2) is 6.66. The molecule has 68 valence electrons. The van der Waals surface area contributed by atoms with Crippen molar-refractivity contribution in [3.8, 4) is 0 Å². The molecule has 1 aliphatic heterocycles. The van der Waals surface area contributed by atoms with Crippen molar-refractivity contribution in [2.24, 2.45) is 11.8 Å². The molecule has 1 rings (SSSR count). The van der Waals surface area contributed by atoms with Crippen LogP contribution in [0.2, 0.25) is 0 Å². The fraction of sp³-hybridized carbons (Fsp3) is 1.00. The summed E-state index contributed by atoms with van der Waals surface area (Å²) in [6.45, 7) is 10.5. The lowest BCUT2D eigenvalue weighted by Gasteiger charge is -2.24. The largest absolute Gasteiger partial charge is 0.381 e. The van der Waals surface area contributed by atoms with Crippen LogP contribution in [-0.2, 0) is 4.74 Å². The van der Waals surface area contributed by atoms with Crippen LogP contribution < -0.4 is 0 Å². The molecule has 1 nitrogen and oxygen atoms in total. The molecule has 0 amide bonds. The molecule has 0 saturated carbocycles. The summed E-state index contributed by atoms with van der Waals surface area (Å²) in [6.07, 6.45) is 2.64. The van der Waals surface area contributed by atoms with Gasteiger partial charge in [0.2, 0.25) is 0 Å². The summed E-state index contributed by atoms with van der Waals surface area (Å²) < 4.78 is 5.34. The summed E-state index contributed by atoms with van der Waals surface area (Å²) in [5.41, 5.74) is 0. The molecule has 11 heavy (non-hydrogen) atoms. The van der Waals surface area contributed by atoms with Gasteiger partial charge in [0.1, 0.15) is 0 Å². The van der Waals surface area contributed by atoms with E-state index in [0.29, 0.717) is 0 Å². The molecule has 1 saturated heterocycles. The van der Waals surface area contributed by atoms with E-state index in [1.54, 1.807) is 0 Å². The van der Waals surface area contributed by atoms with Crippen LogP contribution in [0.3, 0.4) is 0 Å². The first-order chi connectivity index (χ1) is 5.30. The van der Waals surface area contributed by atoms with E-state index in [1.807, 2.05) is 13.8 Å². The number of hydrogen-bond donors (Lipinski definition) is 0. The van der Waals surface area contributed by atoms with Gasteiger partial charge < -0.3 is 4.74 Å². The van der Waals surface area contributed by atoms with E-state index in [0.717, 1.165) is 25.0 Å². The normalized spacial score (nSPS) is 24.3.